The van der Waals surface area contributed by atoms with Crippen LogP contribution in [0.5, 0.6) is 0 Å². The molecule has 1 aromatic heterocycles. The maximum atomic E-state index is 4.94. The van der Waals surface area contributed by atoms with Crippen molar-refractivity contribution in [3.63, 3.8) is 0 Å². The summed E-state index contributed by atoms with van der Waals surface area (Å²) in [5.41, 5.74) is 14.5. The lowest BCUT2D eigenvalue weighted by Crippen LogP contribution is -1.94. The Morgan fingerprint density at radius 1 is 0.315 bits per heavy atom. The summed E-state index contributed by atoms with van der Waals surface area (Å²) in [6.07, 6.45) is 1.90. The molecule has 0 radical (unpaired) electrons. The molecular weight excluding hydrogens is 651 g/mol. The molecule has 54 heavy (non-hydrogen) atoms. The summed E-state index contributed by atoms with van der Waals surface area (Å²) in [7, 11) is 0. The van der Waals surface area contributed by atoms with Crippen LogP contribution in [-0.2, 0) is 0 Å². The van der Waals surface area contributed by atoms with Gasteiger partial charge in [0.05, 0.1) is 5.69 Å². The lowest BCUT2D eigenvalue weighted by atomic mass is 9.83. The number of hydrogen-bond donors (Lipinski definition) is 0. The number of aromatic nitrogens is 1. The summed E-state index contributed by atoms with van der Waals surface area (Å²) in [6.45, 7) is 4.44. The second kappa shape index (κ2) is 13.0. The quantitative estimate of drug-likeness (QED) is 0.164. The Bertz CT molecular complexity index is 3000. The normalized spacial score (nSPS) is 11.5. The number of fused-ring (bicyclic) bond motifs is 4. The van der Waals surface area contributed by atoms with E-state index in [1.165, 1.54) is 87.6 Å². The minimum absolute atomic E-state index is 0.988. The first-order valence-electron chi connectivity index (χ1n) is 18.7. The lowest BCUT2D eigenvalue weighted by Gasteiger charge is -2.20. The van der Waals surface area contributed by atoms with E-state index in [2.05, 4.69) is 190 Å². The Hall–Kier alpha value is -6.83. The van der Waals surface area contributed by atoms with Crippen LogP contribution in [0.4, 0.5) is 0 Å². The molecule has 0 N–H and O–H groups in total. The van der Waals surface area contributed by atoms with Crippen molar-refractivity contribution >= 4 is 43.1 Å². The highest BCUT2D eigenvalue weighted by Gasteiger charge is 2.20. The molecule has 0 fully saturated rings. The van der Waals surface area contributed by atoms with Crippen LogP contribution < -0.4 is 0 Å². The highest BCUT2D eigenvalue weighted by atomic mass is 14.7. The molecule has 0 atom stereocenters. The van der Waals surface area contributed by atoms with Gasteiger partial charge in [-0.2, -0.15) is 0 Å². The maximum Gasteiger partial charge on any atom is 0.0780 e. The fourth-order valence-electron chi connectivity index (χ4n) is 8.75. The van der Waals surface area contributed by atoms with E-state index in [0.717, 1.165) is 22.4 Å². The Morgan fingerprint density at radius 3 is 1.52 bits per heavy atom. The monoisotopic (exact) mass is 687 g/mol. The first-order chi connectivity index (χ1) is 26.6. The van der Waals surface area contributed by atoms with Crippen LogP contribution >= 0.6 is 0 Å². The standard InChI is InChI=1S/C53H37N/c1-34-14-11-15-35(2)50(34)48-29-30-49(43-21-6-5-20-42(43)48)52-46-24-9-7-22-44(46)51(45-23-8-10-25-47(45)52)39-19-12-18-38(33-39)41-26-13-31-54-53(41)40-28-27-36-16-3-4-17-37(36)32-40/h3-33H,1-2H3. The first-order valence-corrected chi connectivity index (χ1v) is 18.7. The fraction of sp³-hybridized carbons (Fsp3) is 0.0377. The van der Waals surface area contributed by atoms with Gasteiger partial charge in [0, 0.05) is 17.3 Å². The summed E-state index contributed by atoms with van der Waals surface area (Å²) in [6, 6.07) is 66.5. The minimum Gasteiger partial charge on any atom is -0.256 e. The van der Waals surface area contributed by atoms with Crippen LogP contribution in [0, 0.1) is 13.8 Å². The summed E-state index contributed by atoms with van der Waals surface area (Å²) >= 11 is 0. The van der Waals surface area contributed by atoms with Crippen LogP contribution in [-0.4, -0.2) is 4.98 Å². The molecule has 0 amide bonds. The molecular formula is C53H37N. The van der Waals surface area contributed by atoms with Gasteiger partial charge in [-0.15, -0.1) is 0 Å². The zero-order valence-electron chi connectivity index (χ0n) is 30.3. The second-order valence-corrected chi connectivity index (χ2v) is 14.4. The topological polar surface area (TPSA) is 12.9 Å². The highest BCUT2D eigenvalue weighted by Crippen LogP contribution is 2.47. The first kappa shape index (κ1) is 31.9. The molecule has 1 heteroatoms. The van der Waals surface area contributed by atoms with E-state index in [1.54, 1.807) is 0 Å². The van der Waals surface area contributed by atoms with Gasteiger partial charge in [-0.25, -0.2) is 0 Å². The van der Waals surface area contributed by atoms with Gasteiger partial charge in [0.2, 0.25) is 0 Å². The molecule has 0 aliphatic heterocycles. The van der Waals surface area contributed by atoms with Crippen molar-refractivity contribution in [2.75, 3.05) is 0 Å². The van der Waals surface area contributed by atoms with Crippen molar-refractivity contribution in [1.29, 1.82) is 0 Å². The molecule has 0 spiro atoms. The van der Waals surface area contributed by atoms with Crippen LogP contribution in [0.25, 0.3) is 98.9 Å². The van der Waals surface area contributed by atoms with E-state index < -0.39 is 0 Å². The molecule has 1 nitrogen and oxygen atoms in total. The zero-order valence-corrected chi connectivity index (χ0v) is 30.3. The van der Waals surface area contributed by atoms with Crippen LogP contribution in [0.2, 0.25) is 0 Å². The van der Waals surface area contributed by atoms with Crippen molar-refractivity contribution in [3.8, 4) is 55.8 Å². The molecule has 0 saturated carbocycles. The Morgan fingerprint density at radius 2 is 0.852 bits per heavy atom. The van der Waals surface area contributed by atoms with Gasteiger partial charge < -0.3 is 0 Å². The predicted molar refractivity (Wildman–Crippen MR) is 231 cm³/mol. The van der Waals surface area contributed by atoms with Gasteiger partial charge in [-0.1, -0.05) is 164 Å². The van der Waals surface area contributed by atoms with Crippen LogP contribution in [0.15, 0.2) is 188 Å². The van der Waals surface area contributed by atoms with Gasteiger partial charge >= 0.3 is 0 Å². The minimum atomic E-state index is 0.988. The average molecular weight is 688 g/mol. The molecule has 0 aliphatic carbocycles. The number of hydrogen-bond acceptors (Lipinski definition) is 1. The summed E-state index contributed by atoms with van der Waals surface area (Å²) in [5, 5.41) is 9.97. The zero-order chi connectivity index (χ0) is 36.2. The van der Waals surface area contributed by atoms with E-state index in [9.17, 15) is 0 Å². The van der Waals surface area contributed by atoms with E-state index in [-0.39, 0.29) is 0 Å². The van der Waals surface area contributed by atoms with E-state index in [0.29, 0.717) is 0 Å². The Kier molecular flexibility index (Phi) is 7.66. The molecule has 0 unspecified atom stereocenters. The van der Waals surface area contributed by atoms with Crippen LogP contribution in [0.3, 0.4) is 0 Å². The predicted octanol–water partition coefficient (Wildman–Crippen LogP) is 14.6. The Balaban J connectivity index is 1.19. The smallest absolute Gasteiger partial charge is 0.0780 e. The highest BCUT2D eigenvalue weighted by molar-refractivity contribution is 6.24. The Labute approximate surface area is 315 Å². The largest absolute Gasteiger partial charge is 0.256 e. The molecule has 9 aromatic carbocycles. The molecule has 10 rings (SSSR count). The maximum absolute atomic E-state index is 4.94. The van der Waals surface area contributed by atoms with Gasteiger partial charge in [0.25, 0.3) is 0 Å². The van der Waals surface area contributed by atoms with Gasteiger partial charge in [0.15, 0.2) is 0 Å². The third-order valence-corrected chi connectivity index (χ3v) is 11.2. The van der Waals surface area contributed by atoms with E-state index >= 15 is 0 Å². The molecule has 10 aromatic rings. The van der Waals surface area contributed by atoms with Crippen molar-refractivity contribution in [2.24, 2.45) is 0 Å². The third kappa shape index (κ3) is 5.20. The molecule has 254 valence electrons. The second-order valence-electron chi connectivity index (χ2n) is 14.4. The summed E-state index contributed by atoms with van der Waals surface area (Å²) in [5.74, 6) is 0. The average Bonchev–Trinajstić information content (AvgIpc) is 3.23. The number of pyridine rings is 1. The number of benzene rings is 9. The lowest BCUT2D eigenvalue weighted by molar-refractivity contribution is 1.33. The van der Waals surface area contributed by atoms with Gasteiger partial charge in [0.1, 0.15) is 0 Å². The number of nitrogens with zero attached hydrogens (tertiary/aromatic N) is 1. The SMILES string of the molecule is Cc1cccc(C)c1-c1ccc(-c2c3ccccc3c(-c3cccc(-c4cccnc4-c4ccc5ccccc5c4)c3)c3ccccc23)c2ccccc12. The van der Waals surface area contributed by atoms with Gasteiger partial charge in [-0.3, -0.25) is 4.98 Å². The fourth-order valence-corrected chi connectivity index (χ4v) is 8.75. The van der Waals surface area contributed by atoms with Gasteiger partial charge in [-0.05, 0) is 125 Å². The number of rotatable bonds is 5. The van der Waals surface area contributed by atoms with Crippen molar-refractivity contribution < 1.29 is 0 Å². The molecule has 1 heterocycles. The summed E-state index contributed by atoms with van der Waals surface area (Å²) in [4.78, 5) is 4.94. The van der Waals surface area contributed by atoms with Crippen molar-refractivity contribution in [3.05, 3.63) is 199 Å². The summed E-state index contributed by atoms with van der Waals surface area (Å²) < 4.78 is 0. The number of aryl methyl sites for hydroxylation is 2. The van der Waals surface area contributed by atoms with Crippen molar-refractivity contribution in [2.45, 2.75) is 13.8 Å². The van der Waals surface area contributed by atoms with E-state index in [4.69, 9.17) is 4.98 Å². The van der Waals surface area contributed by atoms with Crippen molar-refractivity contribution in [1.82, 2.24) is 4.98 Å². The molecule has 0 aliphatic rings. The third-order valence-electron chi connectivity index (χ3n) is 11.2. The van der Waals surface area contributed by atoms with E-state index in [1.807, 2.05) is 12.3 Å². The molecule has 0 saturated heterocycles. The molecule has 0 bridgehead atoms. The van der Waals surface area contributed by atoms with Crippen LogP contribution in [0.1, 0.15) is 11.1 Å².